The number of hydrogen-bond acceptors (Lipinski definition) is 4. The monoisotopic (exact) mass is 449 g/mol. The molecule has 0 aliphatic carbocycles. The lowest BCUT2D eigenvalue weighted by atomic mass is 10.1. The van der Waals surface area contributed by atoms with Crippen molar-refractivity contribution in [3.63, 3.8) is 0 Å². The fourth-order valence-electron chi connectivity index (χ4n) is 3.32. The number of carbonyl (C=O) groups is 2. The van der Waals surface area contributed by atoms with Gasteiger partial charge in [-0.1, -0.05) is 29.3 Å². The molecule has 2 amide bonds. The largest absolute Gasteiger partial charge is 0.495 e. The molecule has 1 fully saturated rings. The van der Waals surface area contributed by atoms with Crippen LogP contribution in [0.15, 0.2) is 36.4 Å². The summed E-state index contributed by atoms with van der Waals surface area (Å²) in [6.07, 6.45) is 0.714. The van der Waals surface area contributed by atoms with Crippen LogP contribution in [0.25, 0.3) is 0 Å². The molecule has 30 heavy (non-hydrogen) atoms. The summed E-state index contributed by atoms with van der Waals surface area (Å²) < 4.78 is 5.35. The number of nitrogens with zero attached hydrogens (tertiary/aromatic N) is 2. The molecule has 2 aromatic carbocycles. The Bertz CT molecular complexity index is 928. The summed E-state index contributed by atoms with van der Waals surface area (Å²) in [6, 6.07) is 10.3. The number of piperazine rings is 1. The van der Waals surface area contributed by atoms with Crippen molar-refractivity contribution in [2.45, 2.75) is 12.8 Å². The Morgan fingerprint density at radius 1 is 1.07 bits per heavy atom. The van der Waals surface area contributed by atoms with Crippen molar-refractivity contribution < 1.29 is 14.3 Å². The number of nitrogens with one attached hydrogen (secondary N) is 1. The first kappa shape index (κ1) is 22.4. The number of likely N-dealkylation sites (N-methyl/N-ethyl adjacent to an activating group) is 1. The molecule has 1 N–H and O–H groups in total. The van der Waals surface area contributed by atoms with Crippen LogP contribution >= 0.6 is 23.2 Å². The topological polar surface area (TPSA) is 61.9 Å². The van der Waals surface area contributed by atoms with E-state index < -0.39 is 0 Å². The van der Waals surface area contributed by atoms with Gasteiger partial charge in [0.1, 0.15) is 5.75 Å². The van der Waals surface area contributed by atoms with Crippen molar-refractivity contribution in [3.05, 3.63) is 57.6 Å². The van der Waals surface area contributed by atoms with Gasteiger partial charge in [-0.15, -0.1) is 0 Å². The first-order valence-electron chi connectivity index (χ1n) is 9.77. The maximum absolute atomic E-state index is 12.8. The highest BCUT2D eigenvalue weighted by Crippen LogP contribution is 2.27. The van der Waals surface area contributed by atoms with E-state index in [-0.39, 0.29) is 18.2 Å². The van der Waals surface area contributed by atoms with Crippen LogP contribution in [0.5, 0.6) is 5.75 Å². The Kier molecular flexibility index (Phi) is 7.58. The number of amides is 2. The summed E-state index contributed by atoms with van der Waals surface area (Å²) in [5.41, 5.74) is 1.85. The van der Waals surface area contributed by atoms with Gasteiger partial charge in [-0.2, -0.15) is 0 Å². The summed E-state index contributed by atoms with van der Waals surface area (Å²) in [6.45, 7) is 3.06. The Morgan fingerprint density at radius 3 is 2.47 bits per heavy atom. The van der Waals surface area contributed by atoms with E-state index in [9.17, 15) is 9.59 Å². The molecule has 1 aliphatic rings. The quantitative estimate of drug-likeness (QED) is 0.724. The highest BCUT2D eigenvalue weighted by Gasteiger charge is 2.21. The molecule has 0 aromatic heterocycles. The van der Waals surface area contributed by atoms with Crippen LogP contribution in [0.1, 0.15) is 22.3 Å². The Hall–Kier alpha value is -2.28. The average molecular weight is 450 g/mol. The molecule has 0 spiro atoms. The molecule has 1 saturated heterocycles. The molecule has 3 rings (SSSR count). The number of hydrogen-bond donors (Lipinski definition) is 1. The highest BCUT2D eigenvalue weighted by atomic mass is 35.5. The van der Waals surface area contributed by atoms with Crippen molar-refractivity contribution in [1.29, 1.82) is 0 Å². The van der Waals surface area contributed by atoms with Gasteiger partial charge in [0.25, 0.3) is 5.91 Å². The first-order chi connectivity index (χ1) is 14.4. The molecule has 2 aromatic rings. The molecule has 0 saturated carbocycles. The number of anilines is 1. The number of benzene rings is 2. The van der Waals surface area contributed by atoms with Gasteiger partial charge >= 0.3 is 0 Å². The van der Waals surface area contributed by atoms with E-state index in [1.54, 1.807) is 30.3 Å². The molecular weight excluding hydrogens is 425 g/mol. The number of carbonyl (C=O) groups excluding carboxylic acids is 2. The molecule has 160 valence electrons. The lowest BCUT2D eigenvalue weighted by molar-refractivity contribution is -0.116. The standard InChI is InChI=1S/C22H25Cl2N3O3/c1-26-9-11-27(12-10-26)22(29)16-4-7-20(30-2)19(13-16)25-21(28)8-5-15-3-6-17(23)14-18(15)24/h3-4,6-7,13-14H,5,8-12H2,1-2H3,(H,25,28). The SMILES string of the molecule is COc1ccc(C(=O)N2CCN(C)CC2)cc1NC(=O)CCc1ccc(Cl)cc1Cl. The summed E-state index contributed by atoms with van der Waals surface area (Å²) in [7, 11) is 3.57. The fraction of sp³-hybridized carbons (Fsp3) is 0.364. The van der Waals surface area contributed by atoms with E-state index in [4.69, 9.17) is 27.9 Å². The molecular formula is C22H25Cl2N3O3. The number of halogens is 2. The Labute approximate surface area is 186 Å². The lowest BCUT2D eigenvalue weighted by Gasteiger charge is -2.32. The van der Waals surface area contributed by atoms with Crippen LogP contribution in [-0.4, -0.2) is 62.0 Å². The van der Waals surface area contributed by atoms with E-state index >= 15 is 0 Å². The minimum atomic E-state index is -0.191. The Balaban J connectivity index is 1.67. The summed E-state index contributed by atoms with van der Waals surface area (Å²) in [5, 5.41) is 3.95. The van der Waals surface area contributed by atoms with E-state index in [0.29, 0.717) is 46.6 Å². The maximum Gasteiger partial charge on any atom is 0.254 e. The molecule has 6 nitrogen and oxygen atoms in total. The smallest absolute Gasteiger partial charge is 0.254 e. The number of ether oxygens (including phenoxy) is 1. The zero-order valence-corrected chi connectivity index (χ0v) is 18.6. The van der Waals surface area contributed by atoms with Gasteiger partial charge in [-0.3, -0.25) is 9.59 Å². The molecule has 1 aliphatic heterocycles. The Morgan fingerprint density at radius 2 is 1.80 bits per heavy atom. The molecule has 0 radical (unpaired) electrons. The van der Waals surface area contributed by atoms with Gasteiger partial charge < -0.3 is 19.9 Å². The minimum Gasteiger partial charge on any atom is -0.495 e. The fourth-order valence-corrected chi connectivity index (χ4v) is 3.82. The molecule has 1 heterocycles. The van der Waals surface area contributed by atoms with Gasteiger partial charge in [0.05, 0.1) is 12.8 Å². The van der Waals surface area contributed by atoms with Crippen LogP contribution in [-0.2, 0) is 11.2 Å². The average Bonchev–Trinajstić information content (AvgIpc) is 2.73. The van der Waals surface area contributed by atoms with Crippen LogP contribution in [0.4, 0.5) is 5.69 Å². The first-order valence-corrected chi connectivity index (χ1v) is 10.5. The number of rotatable bonds is 6. The van der Waals surface area contributed by atoms with Crippen LogP contribution in [0, 0.1) is 0 Å². The minimum absolute atomic E-state index is 0.0470. The second kappa shape index (κ2) is 10.2. The predicted molar refractivity (Wildman–Crippen MR) is 120 cm³/mol. The van der Waals surface area contributed by atoms with E-state index in [1.807, 2.05) is 18.0 Å². The van der Waals surface area contributed by atoms with Crippen molar-refractivity contribution in [2.24, 2.45) is 0 Å². The third-order valence-electron chi connectivity index (χ3n) is 5.15. The lowest BCUT2D eigenvalue weighted by Crippen LogP contribution is -2.47. The van der Waals surface area contributed by atoms with Gasteiger partial charge in [-0.25, -0.2) is 0 Å². The van der Waals surface area contributed by atoms with Gasteiger partial charge in [0, 0.05) is 48.2 Å². The molecule has 0 bridgehead atoms. The van der Waals surface area contributed by atoms with Gasteiger partial charge in [0.2, 0.25) is 5.91 Å². The zero-order valence-electron chi connectivity index (χ0n) is 17.1. The van der Waals surface area contributed by atoms with Crippen molar-refractivity contribution >= 4 is 40.7 Å². The normalized spacial score (nSPS) is 14.5. The molecule has 8 heteroatoms. The molecule has 0 atom stereocenters. The second-order valence-corrected chi connectivity index (χ2v) is 8.14. The number of methoxy groups -OCH3 is 1. The van der Waals surface area contributed by atoms with E-state index in [0.717, 1.165) is 18.7 Å². The zero-order chi connectivity index (χ0) is 21.7. The summed E-state index contributed by atoms with van der Waals surface area (Å²) in [5.74, 6) is 0.264. The van der Waals surface area contributed by atoms with Gasteiger partial charge in [0.15, 0.2) is 0 Å². The van der Waals surface area contributed by atoms with Crippen molar-refractivity contribution in [1.82, 2.24) is 9.80 Å². The van der Waals surface area contributed by atoms with Crippen LogP contribution < -0.4 is 10.1 Å². The summed E-state index contributed by atoms with van der Waals surface area (Å²) >= 11 is 12.1. The second-order valence-electron chi connectivity index (χ2n) is 7.29. The van der Waals surface area contributed by atoms with Crippen molar-refractivity contribution in [2.75, 3.05) is 45.7 Å². The van der Waals surface area contributed by atoms with Crippen LogP contribution in [0.3, 0.4) is 0 Å². The molecule has 0 unspecified atom stereocenters. The third kappa shape index (κ3) is 5.65. The van der Waals surface area contributed by atoms with E-state index in [1.165, 1.54) is 7.11 Å². The van der Waals surface area contributed by atoms with Crippen molar-refractivity contribution in [3.8, 4) is 5.75 Å². The third-order valence-corrected chi connectivity index (χ3v) is 5.73. The maximum atomic E-state index is 12.8. The summed E-state index contributed by atoms with van der Waals surface area (Å²) in [4.78, 5) is 29.4. The van der Waals surface area contributed by atoms with E-state index in [2.05, 4.69) is 10.2 Å². The number of aryl methyl sites for hydroxylation is 1. The van der Waals surface area contributed by atoms with Gasteiger partial charge in [-0.05, 0) is 49.4 Å². The highest BCUT2D eigenvalue weighted by molar-refractivity contribution is 6.35. The predicted octanol–water partition coefficient (Wildman–Crippen LogP) is 3.96. The van der Waals surface area contributed by atoms with Crippen LogP contribution in [0.2, 0.25) is 10.0 Å².